The molecular formula is C71H78BI2N3O11. The smallest absolute Gasteiger partial charge is 0.489 e. The van der Waals surface area contributed by atoms with E-state index in [1.165, 1.54) is 0 Å². The first kappa shape index (κ1) is 68.4. The van der Waals surface area contributed by atoms with Crippen LogP contribution in [0.5, 0.6) is 17.2 Å². The van der Waals surface area contributed by atoms with Crippen molar-refractivity contribution < 1.29 is 52.5 Å². The van der Waals surface area contributed by atoms with Crippen molar-refractivity contribution in [1.29, 1.82) is 0 Å². The Kier molecular flexibility index (Phi) is 26.9. The molecule has 14 nitrogen and oxygen atoms in total. The first-order valence-electron chi connectivity index (χ1n) is 29.1. The van der Waals surface area contributed by atoms with Crippen molar-refractivity contribution in [2.24, 2.45) is 0 Å². The molecule has 1 aliphatic rings. The molecule has 88 heavy (non-hydrogen) atoms. The third-order valence-corrected chi connectivity index (χ3v) is 16.3. The molecule has 460 valence electrons. The molecule has 0 aliphatic carbocycles. The van der Waals surface area contributed by atoms with Gasteiger partial charge in [-0.25, -0.2) is 0 Å². The maximum atomic E-state index is 13.0. The van der Waals surface area contributed by atoms with Gasteiger partial charge < -0.3 is 54.0 Å². The molecule has 9 rings (SSSR count). The van der Waals surface area contributed by atoms with Crippen molar-refractivity contribution in [1.82, 2.24) is 16.0 Å². The van der Waals surface area contributed by atoms with Crippen LogP contribution in [0.3, 0.4) is 0 Å². The fraction of sp³-hybridized carbons (Fsp3) is 0.282. The van der Waals surface area contributed by atoms with Gasteiger partial charge in [0.15, 0.2) is 0 Å². The molecule has 8 aromatic rings. The van der Waals surface area contributed by atoms with Gasteiger partial charge in [0.05, 0.1) is 11.2 Å². The standard InChI is InChI=1S/C30H36BNO5.C24H24INO3.C17H18INO3/c1-29(2)30(3,4)37-31(36-29)25-16-17-27(34-20-22-12-8-6-9-13-22)24(18-25)19-26(32-5)28(33)35-21-23-14-10-7-11-15-23;1-26-22(24(27)29-17-19-10-6-3-7-11-19)15-20-14-21(25)12-13-23(20)28-16-18-8-4-2-5-9-18;1-19-15(17(20)21)10-13-9-14(18)7-8-16(13)22-11-12-5-3-2-4-6-12/h6-18,26,32H,19-21H2,1-5H3;2-14,22,26H,15-17H2,1H3;2-9,15,19H,10-11H2,1H3,(H,20,21)/t26-;22-;15-/m000/s1. The summed E-state index contributed by atoms with van der Waals surface area (Å²) in [5.74, 6) is 0.761. The number of carboxylic acid groups (broad SMARTS) is 1. The van der Waals surface area contributed by atoms with Crippen LogP contribution in [0, 0.1) is 7.14 Å². The molecule has 0 unspecified atom stereocenters. The molecule has 8 aromatic carbocycles. The second-order valence-corrected chi connectivity index (χ2v) is 24.4. The third-order valence-electron chi connectivity index (χ3n) is 15.0. The Morgan fingerprint density at radius 2 is 0.727 bits per heavy atom. The molecule has 1 heterocycles. The highest BCUT2D eigenvalue weighted by Gasteiger charge is 2.52. The zero-order valence-corrected chi connectivity index (χ0v) is 55.2. The van der Waals surface area contributed by atoms with Gasteiger partial charge in [0, 0.05) is 26.4 Å². The zero-order valence-electron chi connectivity index (χ0n) is 50.9. The van der Waals surface area contributed by atoms with E-state index in [9.17, 15) is 19.5 Å². The van der Waals surface area contributed by atoms with Gasteiger partial charge in [-0.3, -0.25) is 14.4 Å². The van der Waals surface area contributed by atoms with Crippen molar-refractivity contribution >= 4 is 75.7 Å². The van der Waals surface area contributed by atoms with Crippen LogP contribution in [0.2, 0.25) is 0 Å². The highest BCUT2D eigenvalue weighted by molar-refractivity contribution is 14.1. The Hall–Kier alpha value is -7.11. The number of carboxylic acids is 1. The molecule has 1 saturated heterocycles. The lowest BCUT2D eigenvalue weighted by Crippen LogP contribution is -2.41. The van der Waals surface area contributed by atoms with E-state index in [1.54, 1.807) is 21.1 Å². The molecule has 4 N–H and O–H groups in total. The molecule has 0 amide bonds. The minimum absolute atomic E-state index is 0.225. The minimum atomic E-state index is -0.865. The normalized spacial score (nSPS) is 13.9. The number of esters is 2. The molecule has 0 aromatic heterocycles. The molecule has 0 saturated carbocycles. The average Bonchev–Trinajstić information content (AvgIpc) is 1.83. The summed E-state index contributed by atoms with van der Waals surface area (Å²) < 4.78 is 44.0. The van der Waals surface area contributed by atoms with E-state index in [2.05, 4.69) is 67.2 Å². The van der Waals surface area contributed by atoms with Gasteiger partial charge in [-0.1, -0.05) is 164 Å². The number of carbonyl (C=O) groups is 3. The van der Waals surface area contributed by atoms with Crippen LogP contribution in [0.25, 0.3) is 0 Å². The summed E-state index contributed by atoms with van der Waals surface area (Å²) in [6, 6.07) is 65.4. The lowest BCUT2D eigenvalue weighted by Gasteiger charge is -2.32. The van der Waals surface area contributed by atoms with Crippen LogP contribution in [0.1, 0.15) is 72.2 Å². The van der Waals surface area contributed by atoms with Gasteiger partial charge in [-0.2, -0.15) is 0 Å². The quantitative estimate of drug-likeness (QED) is 0.0229. The van der Waals surface area contributed by atoms with Crippen LogP contribution < -0.4 is 35.6 Å². The number of likely N-dealkylation sites (N-methyl/N-ethyl adjacent to an activating group) is 3. The fourth-order valence-corrected chi connectivity index (χ4v) is 10.3. The number of nitrogens with one attached hydrogen (secondary N) is 3. The first-order valence-corrected chi connectivity index (χ1v) is 31.3. The number of rotatable bonds is 26. The third kappa shape index (κ3) is 21.3. The Morgan fingerprint density at radius 1 is 0.432 bits per heavy atom. The van der Waals surface area contributed by atoms with Crippen molar-refractivity contribution in [3.63, 3.8) is 0 Å². The van der Waals surface area contributed by atoms with Crippen molar-refractivity contribution in [3.05, 3.63) is 258 Å². The molecular weight excluding hydrogens is 1340 g/mol. The summed E-state index contributed by atoms with van der Waals surface area (Å²) in [6.45, 7) is 9.99. The monoisotopic (exact) mass is 1410 g/mol. The summed E-state index contributed by atoms with van der Waals surface area (Å²) in [4.78, 5) is 36.8. The fourth-order valence-electron chi connectivity index (χ4n) is 9.17. The summed E-state index contributed by atoms with van der Waals surface area (Å²) >= 11 is 4.49. The minimum Gasteiger partial charge on any atom is -0.489 e. The Morgan fingerprint density at radius 3 is 1.05 bits per heavy atom. The van der Waals surface area contributed by atoms with Gasteiger partial charge in [0.25, 0.3) is 0 Å². The lowest BCUT2D eigenvalue weighted by molar-refractivity contribution is -0.148. The van der Waals surface area contributed by atoms with E-state index in [0.29, 0.717) is 44.8 Å². The molecule has 1 aliphatic heterocycles. The summed E-state index contributed by atoms with van der Waals surface area (Å²) in [5.41, 5.74) is 7.89. The summed E-state index contributed by atoms with van der Waals surface area (Å²) in [6.07, 6.45) is 1.26. The number of hydrogen-bond donors (Lipinski definition) is 4. The van der Waals surface area contributed by atoms with E-state index in [4.69, 9.17) is 33.0 Å². The summed E-state index contributed by atoms with van der Waals surface area (Å²) in [5, 5.41) is 18.2. The SMILES string of the molecule is CN[C@@H](Cc1cc(B2OC(C)(C)C(C)(C)O2)ccc1OCc1ccccc1)C(=O)OCc1ccccc1.CN[C@@H](Cc1cc(I)ccc1OCc1ccccc1)C(=O)O.CN[C@@H](Cc1cc(I)ccc1OCc1ccccc1)C(=O)OCc1ccccc1. The van der Waals surface area contributed by atoms with Crippen LogP contribution in [-0.2, 0) is 85.5 Å². The van der Waals surface area contributed by atoms with E-state index in [-0.39, 0.29) is 25.2 Å². The van der Waals surface area contributed by atoms with Gasteiger partial charge in [-0.05, 0) is 186 Å². The molecule has 17 heteroatoms. The van der Waals surface area contributed by atoms with E-state index in [0.717, 1.165) is 68.6 Å². The number of hydrogen-bond acceptors (Lipinski definition) is 13. The van der Waals surface area contributed by atoms with E-state index in [1.807, 2.05) is 228 Å². The van der Waals surface area contributed by atoms with Crippen LogP contribution in [0.4, 0.5) is 0 Å². The van der Waals surface area contributed by atoms with E-state index >= 15 is 0 Å². The van der Waals surface area contributed by atoms with Gasteiger partial charge in [-0.15, -0.1) is 0 Å². The first-order chi connectivity index (χ1) is 42.4. The number of aliphatic carboxylic acids is 1. The van der Waals surface area contributed by atoms with E-state index < -0.39 is 42.4 Å². The zero-order chi connectivity index (χ0) is 62.9. The second kappa shape index (κ2) is 34.6. The van der Waals surface area contributed by atoms with Crippen LogP contribution >= 0.6 is 45.2 Å². The molecule has 0 bridgehead atoms. The van der Waals surface area contributed by atoms with Crippen molar-refractivity contribution in [2.45, 2.75) is 109 Å². The largest absolute Gasteiger partial charge is 0.494 e. The van der Waals surface area contributed by atoms with Gasteiger partial charge >= 0.3 is 25.0 Å². The number of benzene rings is 8. The predicted octanol–water partition coefficient (Wildman–Crippen LogP) is 12.3. The average molecular weight is 1410 g/mol. The molecule has 0 spiro atoms. The Balaban J connectivity index is 0.000000195. The highest BCUT2D eigenvalue weighted by atomic mass is 127. The molecule has 3 atom stereocenters. The maximum absolute atomic E-state index is 13.0. The van der Waals surface area contributed by atoms with Gasteiger partial charge in [0.1, 0.15) is 68.4 Å². The number of carbonyl (C=O) groups excluding carboxylic acids is 2. The maximum Gasteiger partial charge on any atom is 0.494 e. The second-order valence-electron chi connectivity index (χ2n) is 21.9. The number of ether oxygens (including phenoxy) is 5. The molecule has 1 fully saturated rings. The van der Waals surface area contributed by atoms with Crippen LogP contribution in [-0.4, -0.2) is 80.6 Å². The molecule has 0 radical (unpaired) electrons. The van der Waals surface area contributed by atoms with Crippen molar-refractivity contribution in [2.75, 3.05) is 21.1 Å². The Labute approximate surface area is 545 Å². The lowest BCUT2D eigenvalue weighted by atomic mass is 9.78. The number of halogens is 2. The summed E-state index contributed by atoms with van der Waals surface area (Å²) in [7, 11) is 4.67. The van der Waals surface area contributed by atoms with Gasteiger partial charge in [0.2, 0.25) is 0 Å². The topological polar surface area (TPSA) is 172 Å². The van der Waals surface area contributed by atoms with Crippen molar-refractivity contribution in [3.8, 4) is 17.2 Å². The Bertz CT molecular complexity index is 3430. The van der Waals surface area contributed by atoms with Crippen LogP contribution in [0.15, 0.2) is 206 Å². The highest BCUT2D eigenvalue weighted by Crippen LogP contribution is 2.37. The predicted molar refractivity (Wildman–Crippen MR) is 363 cm³/mol.